The maximum absolute atomic E-state index is 10.7. The molecule has 0 aliphatic carbocycles. The van der Waals surface area contributed by atoms with Gasteiger partial charge in [0.15, 0.2) is 0 Å². The third kappa shape index (κ3) is 7.11. The average Bonchev–Trinajstić information content (AvgIpc) is 2.97. The Kier molecular flexibility index (Phi) is 8.76. The van der Waals surface area contributed by atoms with E-state index in [4.69, 9.17) is 18.6 Å². The first-order valence-electron chi connectivity index (χ1n) is 7.90. The van der Waals surface area contributed by atoms with E-state index in [1.807, 2.05) is 5.38 Å². The Labute approximate surface area is 171 Å². The fourth-order valence-corrected chi connectivity index (χ4v) is 2.77. The molecule has 0 aliphatic heterocycles. The SMILES string of the molecule is CC(C)(C)c1cc(C[N-]c2nccs2)c(O)c(C(C)(C)C)c1.[Cl][Ti][Cl]. The summed E-state index contributed by atoms with van der Waals surface area (Å²) < 4.78 is 0. The van der Waals surface area contributed by atoms with Gasteiger partial charge in [0.2, 0.25) is 0 Å². The molecule has 0 saturated carbocycles. The van der Waals surface area contributed by atoms with E-state index in [1.54, 1.807) is 6.20 Å². The summed E-state index contributed by atoms with van der Waals surface area (Å²) in [6.45, 7) is 13.4. The summed E-state index contributed by atoms with van der Waals surface area (Å²) in [5.74, 6) is 0.362. The van der Waals surface area contributed by atoms with Crippen LogP contribution in [0.25, 0.3) is 5.32 Å². The predicted molar refractivity (Wildman–Crippen MR) is 106 cm³/mol. The van der Waals surface area contributed by atoms with Crippen molar-refractivity contribution in [2.75, 3.05) is 0 Å². The molecule has 1 aromatic carbocycles. The van der Waals surface area contributed by atoms with E-state index in [-0.39, 0.29) is 10.8 Å². The summed E-state index contributed by atoms with van der Waals surface area (Å²) in [6, 6.07) is 4.20. The first kappa shape index (κ1) is 22.8. The number of thiazole rings is 1. The van der Waals surface area contributed by atoms with Gasteiger partial charge in [-0.1, -0.05) is 59.9 Å². The van der Waals surface area contributed by atoms with Crippen molar-refractivity contribution in [2.24, 2.45) is 0 Å². The van der Waals surface area contributed by atoms with E-state index in [2.05, 4.69) is 64.0 Å². The molecule has 0 bridgehead atoms. The second kappa shape index (κ2) is 9.61. The standard InChI is InChI=1S/C18H25N2OS.2ClH.Ti/c1-17(2,3)13-9-12(11-20-16-19-7-8-22-16)15(21)14(10-13)18(4,5)6;;;/h7-10H,11H2,1-6H3,(H-,19,20,21);2*1H;/q-1;;;+2/p-2. The van der Waals surface area contributed by atoms with Crippen LogP contribution in [0.1, 0.15) is 58.2 Å². The molecule has 0 unspecified atom stereocenters. The number of phenols is 1. The maximum atomic E-state index is 10.7. The molecule has 0 radical (unpaired) electrons. The number of hydrogen-bond donors (Lipinski definition) is 1. The zero-order chi connectivity index (χ0) is 19.3. The van der Waals surface area contributed by atoms with E-state index in [9.17, 15) is 5.11 Å². The summed E-state index contributed by atoms with van der Waals surface area (Å²) in [6.07, 6.45) is 1.75. The molecule has 0 amide bonds. The fraction of sp³-hybridized carbons (Fsp3) is 0.500. The Hall–Kier alpha value is -0.256. The Bertz CT molecular complexity index is 665. The molecule has 1 N–H and O–H groups in total. The van der Waals surface area contributed by atoms with Gasteiger partial charge in [-0.25, -0.2) is 0 Å². The van der Waals surface area contributed by atoms with Crippen LogP contribution in [0.15, 0.2) is 23.7 Å². The Balaban J connectivity index is 0.000000970. The quantitative estimate of drug-likeness (QED) is 0.526. The van der Waals surface area contributed by atoms with Gasteiger partial charge in [-0.2, -0.15) is 11.3 Å². The van der Waals surface area contributed by atoms with Crippen molar-refractivity contribution >= 4 is 35.1 Å². The Morgan fingerprint density at radius 3 is 2.16 bits per heavy atom. The zero-order valence-electron chi connectivity index (χ0n) is 15.5. The molecule has 138 valence electrons. The van der Waals surface area contributed by atoms with E-state index >= 15 is 0 Å². The number of aromatic hydroxyl groups is 1. The summed E-state index contributed by atoms with van der Waals surface area (Å²) in [5.41, 5.74) is 2.99. The Morgan fingerprint density at radius 2 is 1.72 bits per heavy atom. The van der Waals surface area contributed by atoms with Crippen LogP contribution in [0.2, 0.25) is 0 Å². The van der Waals surface area contributed by atoms with Crippen molar-refractivity contribution in [1.29, 1.82) is 0 Å². The number of nitrogens with zero attached hydrogens (tertiary/aromatic N) is 2. The van der Waals surface area contributed by atoms with Gasteiger partial charge >= 0.3 is 35.6 Å². The molecule has 0 aliphatic rings. The monoisotopic (exact) mass is 435 g/mol. The van der Waals surface area contributed by atoms with Crippen molar-refractivity contribution in [2.45, 2.75) is 58.9 Å². The second-order valence-electron chi connectivity index (χ2n) is 7.73. The van der Waals surface area contributed by atoms with Crippen molar-refractivity contribution in [3.8, 4) is 5.75 Å². The number of rotatable bonds is 3. The van der Waals surface area contributed by atoms with Gasteiger partial charge in [0.05, 0.1) is 0 Å². The molecule has 0 saturated heterocycles. The molecular formula is C18H25Cl2N2OSTi-. The van der Waals surface area contributed by atoms with E-state index < -0.39 is 17.0 Å². The molecule has 25 heavy (non-hydrogen) atoms. The van der Waals surface area contributed by atoms with E-state index in [1.165, 1.54) is 16.9 Å². The van der Waals surface area contributed by atoms with Crippen LogP contribution in [-0.2, 0) is 34.4 Å². The molecule has 3 nitrogen and oxygen atoms in total. The van der Waals surface area contributed by atoms with Gasteiger partial charge in [0.1, 0.15) is 5.75 Å². The minimum atomic E-state index is -0.556. The molecule has 1 heterocycles. The van der Waals surface area contributed by atoms with Crippen LogP contribution in [-0.4, -0.2) is 10.1 Å². The topological polar surface area (TPSA) is 47.2 Å². The average molecular weight is 436 g/mol. The number of aromatic nitrogens is 1. The summed E-state index contributed by atoms with van der Waals surface area (Å²) in [5, 5.41) is 17.8. The zero-order valence-corrected chi connectivity index (χ0v) is 19.4. The first-order valence-corrected chi connectivity index (χ1v) is 13.1. The molecule has 7 heteroatoms. The van der Waals surface area contributed by atoms with Gasteiger partial charge in [0, 0.05) is 0 Å². The van der Waals surface area contributed by atoms with Crippen molar-refractivity contribution < 1.29 is 22.1 Å². The van der Waals surface area contributed by atoms with Gasteiger partial charge in [0.25, 0.3) is 0 Å². The number of hydrogen-bond acceptors (Lipinski definition) is 3. The third-order valence-electron chi connectivity index (χ3n) is 3.67. The molecular weight excluding hydrogens is 411 g/mol. The van der Waals surface area contributed by atoms with Crippen molar-refractivity contribution in [3.05, 3.63) is 45.7 Å². The van der Waals surface area contributed by atoms with Gasteiger partial charge in [-0.05, 0) is 44.6 Å². The second-order valence-corrected chi connectivity index (χ2v) is 11.2. The van der Waals surface area contributed by atoms with Crippen molar-refractivity contribution in [3.63, 3.8) is 0 Å². The van der Waals surface area contributed by atoms with Gasteiger partial charge in [-0.15, -0.1) is 0 Å². The predicted octanol–water partition coefficient (Wildman–Crippen LogP) is 7.03. The molecule has 0 spiro atoms. The van der Waals surface area contributed by atoms with Crippen LogP contribution in [0.4, 0.5) is 5.13 Å². The van der Waals surface area contributed by atoms with E-state index in [0.29, 0.717) is 12.3 Å². The summed E-state index contributed by atoms with van der Waals surface area (Å²) in [7, 11) is 9.78. The third-order valence-corrected chi connectivity index (χ3v) is 4.37. The van der Waals surface area contributed by atoms with Crippen LogP contribution in [0.5, 0.6) is 5.75 Å². The Morgan fingerprint density at radius 1 is 1.12 bits per heavy atom. The molecule has 2 aromatic rings. The normalized spacial score (nSPS) is 11.5. The van der Waals surface area contributed by atoms with Gasteiger partial charge in [-0.3, -0.25) is 0 Å². The number of benzene rings is 1. The number of halogens is 2. The number of phenolic OH excluding ortho intramolecular Hbond substituents is 1. The van der Waals surface area contributed by atoms with Gasteiger partial charge < -0.3 is 15.4 Å². The summed E-state index contributed by atoms with van der Waals surface area (Å²) in [4.78, 5) is 4.17. The van der Waals surface area contributed by atoms with Crippen molar-refractivity contribution in [1.82, 2.24) is 4.98 Å². The summed E-state index contributed by atoms with van der Waals surface area (Å²) >= 11 is 0.953. The van der Waals surface area contributed by atoms with E-state index in [0.717, 1.165) is 16.3 Å². The molecule has 2 rings (SSSR count). The molecule has 0 atom stereocenters. The van der Waals surface area contributed by atoms with Crippen LogP contribution in [0.3, 0.4) is 0 Å². The fourth-order valence-electron chi connectivity index (χ4n) is 2.27. The molecule has 1 aromatic heterocycles. The molecule has 0 fully saturated rings. The van der Waals surface area contributed by atoms with Crippen LogP contribution < -0.4 is 0 Å². The first-order chi connectivity index (χ1) is 11.5. The minimum absolute atomic E-state index is 0.0314. The van der Waals surface area contributed by atoms with Crippen LogP contribution in [0, 0.1) is 0 Å². The van der Waals surface area contributed by atoms with Crippen LogP contribution >= 0.6 is 29.9 Å².